The van der Waals surface area contributed by atoms with Gasteiger partial charge in [-0.15, -0.1) is 0 Å². The van der Waals surface area contributed by atoms with Crippen LogP contribution in [0.3, 0.4) is 0 Å². The van der Waals surface area contributed by atoms with Crippen molar-refractivity contribution in [3.8, 4) is 11.3 Å². The highest BCUT2D eigenvalue weighted by Gasteiger charge is 2.19. The number of rotatable bonds is 4. The summed E-state index contributed by atoms with van der Waals surface area (Å²) >= 11 is 3.47. The molecule has 0 spiro atoms. The van der Waals surface area contributed by atoms with E-state index in [0.717, 1.165) is 39.7 Å². The monoisotopic (exact) mass is 437 g/mol. The van der Waals surface area contributed by atoms with E-state index in [0.29, 0.717) is 18.0 Å². The number of nitrogens with one attached hydrogen (secondary N) is 1. The zero-order valence-corrected chi connectivity index (χ0v) is 17.6. The fraction of sp³-hybridized carbons (Fsp3) is 0.304. The topological polar surface area (TPSA) is 45.2 Å². The highest BCUT2D eigenvalue weighted by Crippen LogP contribution is 2.26. The Kier molecular flexibility index (Phi) is 5.74. The average molecular weight is 438 g/mol. The van der Waals surface area contributed by atoms with Gasteiger partial charge in [0.1, 0.15) is 0 Å². The van der Waals surface area contributed by atoms with Crippen LogP contribution in [0, 0.1) is 5.92 Å². The second-order valence-corrected chi connectivity index (χ2v) is 8.48. The molecule has 1 aliphatic heterocycles. The predicted molar refractivity (Wildman–Crippen MR) is 117 cm³/mol. The van der Waals surface area contributed by atoms with Gasteiger partial charge in [-0.3, -0.25) is 4.79 Å². The molecule has 0 saturated carbocycles. The fourth-order valence-corrected chi connectivity index (χ4v) is 4.17. The van der Waals surface area contributed by atoms with Gasteiger partial charge in [-0.25, -0.2) is 4.98 Å². The van der Waals surface area contributed by atoms with E-state index in [-0.39, 0.29) is 5.91 Å². The molecule has 0 aliphatic carbocycles. The number of nitrogens with zero attached hydrogens (tertiary/aromatic N) is 2. The molecule has 4 nitrogen and oxygen atoms in total. The number of likely N-dealkylation sites (tertiary alicyclic amines) is 1. The minimum absolute atomic E-state index is 0.0230. The number of carbonyl (C=O) groups is 1. The van der Waals surface area contributed by atoms with Crippen molar-refractivity contribution in [2.24, 2.45) is 5.92 Å². The van der Waals surface area contributed by atoms with E-state index in [1.807, 2.05) is 54.6 Å². The third-order valence-corrected chi connectivity index (χ3v) is 5.90. The van der Waals surface area contributed by atoms with Crippen LogP contribution in [0.25, 0.3) is 22.2 Å². The average Bonchev–Trinajstić information content (AvgIpc) is 2.72. The molecule has 1 atom stereocenters. The number of fused-ring (bicyclic) bond motifs is 1. The first kappa shape index (κ1) is 19.1. The number of benzene rings is 2. The highest BCUT2D eigenvalue weighted by atomic mass is 79.9. The second-order valence-electron chi connectivity index (χ2n) is 7.56. The van der Waals surface area contributed by atoms with Gasteiger partial charge >= 0.3 is 0 Å². The Balaban J connectivity index is 1.63. The molecule has 1 amide bonds. The van der Waals surface area contributed by atoms with Crippen molar-refractivity contribution in [3.05, 3.63) is 64.6 Å². The number of halogens is 1. The standard InChI is InChI=1S/C23H24BrN3O/c1-27-12-4-5-16(15-27)14-25-23(28)20-13-22(17-8-10-18(24)11-9-17)26-21-7-3-2-6-19(20)21/h2-3,6-11,13,16H,4-5,12,14-15H2,1H3,(H,25,28)/t16-/m0/s1. The molecule has 1 aliphatic rings. The summed E-state index contributed by atoms with van der Waals surface area (Å²) < 4.78 is 1.02. The van der Waals surface area contributed by atoms with Crippen molar-refractivity contribution < 1.29 is 4.79 Å². The van der Waals surface area contributed by atoms with Crippen LogP contribution in [0.5, 0.6) is 0 Å². The summed E-state index contributed by atoms with van der Waals surface area (Å²) in [6, 6.07) is 17.8. The maximum absolute atomic E-state index is 13.1. The molecule has 0 unspecified atom stereocenters. The largest absolute Gasteiger partial charge is 0.352 e. The number of aromatic nitrogens is 1. The Morgan fingerprint density at radius 1 is 1.21 bits per heavy atom. The van der Waals surface area contributed by atoms with Crippen LogP contribution in [0.15, 0.2) is 59.1 Å². The van der Waals surface area contributed by atoms with Gasteiger partial charge in [0.2, 0.25) is 0 Å². The van der Waals surface area contributed by atoms with Crippen molar-refractivity contribution in [1.82, 2.24) is 15.2 Å². The third kappa shape index (κ3) is 4.26. The van der Waals surface area contributed by atoms with Gasteiger partial charge in [0.15, 0.2) is 0 Å². The first-order valence-electron chi connectivity index (χ1n) is 9.72. The number of para-hydroxylation sites is 1. The Bertz CT molecular complexity index is 987. The smallest absolute Gasteiger partial charge is 0.252 e. The zero-order chi connectivity index (χ0) is 19.5. The molecule has 3 aromatic rings. The lowest BCUT2D eigenvalue weighted by molar-refractivity contribution is 0.0938. The molecule has 1 N–H and O–H groups in total. The fourth-order valence-electron chi connectivity index (χ4n) is 3.90. The van der Waals surface area contributed by atoms with E-state index in [9.17, 15) is 4.79 Å². The van der Waals surface area contributed by atoms with Crippen LogP contribution in [-0.4, -0.2) is 42.5 Å². The van der Waals surface area contributed by atoms with Gasteiger partial charge in [-0.2, -0.15) is 0 Å². The first-order valence-corrected chi connectivity index (χ1v) is 10.5. The lowest BCUT2D eigenvalue weighted by atomic mass is 9.98. The minimum atomic E-state index is -0.0230. The summed E-state index contributed by atoms with van der Waals surface area (Å²) in [5, 5.41) is 4.06. The van der Waals surface area contributed by atoms with Gasteiger partial charge in [-0.05, 0) is 56.6 Å². The number of carbonyl (C=O) groups excluding carboxylic acids is 1. The normalized spacial score (nSPS) is 17.6. The first-order chi connectivity index (χ1) is 13.6. The molecule has 1 aromatic heterocycles. The Labute approximate surface area is 174 Å². The van der Waals surface area contributed by atoms with Crippen molar-refractivity contribution in [2.75, 3.05) is 26.7 Å². The Morgan fingerprint density at radius 3 is 2.79 bits per heavy atom. The van der Waals surface area contributed by atoms with Crippen LogP contribution >= 0.6 is 15.9 Å². The molecular weight excluding hydrogens is 414 g/mol. The third-order valence-electron chi connectivity index (χ3n) is 5.37. The van der Waals surface area contributed by atoms with Crippen LogP contribution < -0.4 is 5.32 Å². The van der Waals surface area contributed by atoms with Crippen LogP contribution in [0.1, 0.15) is 23.2 Å². The number of piperidine rings is 1. The number of amides is 1. The van der Waals surface area contributed by atoms with Gasteiger partial charge in [0.05, 0.1) is 16.8 Å². The summed E-state index contributed by atoms with van der Waals surface area (Å²) in [5.41, 5.74) is 3.34. The SMILES string of the molecule is CN1CCC[C@@H](CNC(=O)c2cc(-c3ccc(Br)cc3)nc3ccccc23)C1. The van der Waals surface area contributed by atoms with Crippen molar-refractivity contribution in [3.63, 3.8) is 0 Å². The molecule has 5 heteroatoms. The maximum Gasteiger partial charge on any atom is 0.252 e. The van der Waals surface area contributed by atoms with E-state index in [1.54, 1.807) is 0 Å². The number of pyridine rings is 1. The maximum atomic E-state index is 13.1. The van der Waals surface area contributed by atoms with Gasteiger partial charge in [0, 0.05) is 28.5 Å². The van der Waals surface area contributed by atoms with Crippen LogP contribution in [0.2, 0.25) is 0 Å². The van der Waals surface area contributed by atoms with Crippen LogP contribution in [-0.2, 0) is 0 Å². The van der Waals surface area contributed by atoms with Crippen molar-refractivity contribution in [2.45, 2.75) is 12.8 Å². The lowest BCUT2D eigenvalue weighted by Crippen LogP contribution is -2.39. The molecule has 0 radical (unpaired) electrons. The molecule has 28 heavy (non-hydrogen) atoms. The van der Waals surface area contributed by atoms with Crippen LogP contribution in [0.4, 0.5) is 0 Å². The molecule has 1 fully saturated rings. The summed E-state index contributed by atoms with van der Waals surface area (Å²) in [6.45, 7) is 2.91. The highest BCUT2D eigenvalue weighted by molar-refractivity contribution is 9.10. The number of hydrogen-bond acceptors (Lipinski definition) is 3. The molecule has 1 saturated heterocycles. The van der Waals surface area contributed by atoms with E-state index in [2.05, 4.69) is 33.2 Å². The Morgan fingerprint density at radius 2 is 2.00 bits per heavy atom. The second kappa shape index (κ2) is 8.41. The summed E-state index contributed by atoms with van der Waals surface area (Å²) in [4.78, 5) is 20.2. The molecule has 0 bridgehead atoms. The Hall–Kier alpha value is -2.24. The molecular formula is C23H24BrN3O. The van der Waals surface area contributed by atoms with E-state index in [4.69, 9.17) is 4.98 Å². The minimum Gasteiger partial charge on any atom is -0.352 e. The van der Waals surface area contributed by atoms with Crippen molar-refractivity contribution >= 4 is 32.7 Å². The van der Waals surface area contributed by atoms with Crippen molar-refractivity contribution in [1.29, 1.82) is 0 Å². The van der Waals surface area contributed by atoms with E-state index >= 15 is 0 Å². The van der Waals surface area contributed by atoms with E-state index < -0.39 is 0 Å². The molecule has 144 valence electrons. The molecule has 2 heterocycles. The van der Waals surface area contributed by atoms with Gasteiger partial charge in [-0.1, -0.05) is 46.3 Å². The zero-order valence-electron chi connectivity index (χ0n) is 16.0. The van der Waals surface area contributed by atoms with Gasteiger partial charge in [0.25, 0.3) is 5.91 Å². The summed E-state index contributed by atoms with van der Waals surface area (Å²) in [7, 11) is 2.15. The quantitative estimate of drug-likeness (QED) is 0.641. The van der Waals surface area contributed by atoms with Gasteiger partial charge < -0.3 is 10.2 Å². The number of hydrogen-bond donors (Lipinski definition) is 1. The molecule has 2 aromatic carbocycles. The predicted octanol–water partition coefficient (Wildman–Crippen LogP) is 4.74. The summed E-state index contributed by atoms with van der Waals surface area (Å²) in [6.07, 6.45) is 2.37. The summed E-state index contributed by atoms with van der Waals surface area (Å²) in [5.74, 6) is 0.493. The molecule has 4 rings (SSSR count). The lowest BCUT2D eigenvalue weighted by Gasteiger charge is -2.29. The van der Waals surface area contributed by atoms with E-state index in [1.165, 1.54) is 12.8 Å².